The van der Waals surface area contributed by atoms with Gasteiger partial charge in [0.25, 0.3) is 0 Å². The molecular weight excluding hydrogens is 207 g/mol. The summed E-state index contributed by atoms with van der Waals surface area (Å²) >= 11 is 11.3. The Bertz CT molecular complexity index is 222. The van der Waals surface area contributed by atoms with Gasteiger partial charge in [-0.15, -0.1) is 23.2 Å². The van der Waals surface area contributed by atoms with Crippen molar-refractivity contribution in [2.24, 2.45) is 0 Å². The molecule has 0 saturated heterocycles. The van der Waals surface area contributed by atoms with Crippen molar-refractivity contribution >= 4 is 29.0 Å². The molecule has 0 radical (unpaired) electrons. The second-order valence-corrected chi connectivity index (χ2v) is 3.31. The van der Waals surface area contributed by atoms with E-state index < -0.39 is 0 Å². The summed E-state index contributed by atoms with van der Waals surface area (Å²) in [5.41, 5.74) is 0. The summed E-state index contributed by atoms with van der Waals surface area (Å²) in [6.45, 7) is 1.57. The van der Waals surface area contributed by atoms with E-state index in [1.54, 1.807) is 6.20 Å². The van der Waals surface area contributed by atoms with Crippen LogP contribution in [0, 0.1) is 0 Å². The highest BCUT2D eigenvalue weighted by Crippen LogP contribution is 2.08. The fourth-order valence-corrected chi connectivity index (χ4v) is 1.49. The molecule has 0 fully saturated rings. The van der Waals surface area contributed by atoms with Gasteiger partial charge in [-0.1, -0.05) is 6.07 Å². The Morgan fingerprint density at radius 1 is 1.15 bits per heavy atom. The maximum atomic E-state index is 5.67. The second kappa shape index (κ2) is 6.06. The summed E-state index contributed by atoms with van der Waals surface area (Å²) in [5.74, 6) is 2.12. The van der Waals surface area contributed by atoms with E-state index in [1.165, 1.54) is 0 Å². The third kappa shape index (κ3) is 3.41. The predicted octanol–water partition coefficient (Wildman–Crippen LogP) is 2.37. The smallest absolute Gasteiger partial charge is 0.128 e. The number of alkyl halides is 2. The third-order valence-corrected chi connectivity index (χ3v) is 2.02. The van der Waals surface area contributed by atoms with Gasteiger partial charge in [0.1, 0.15) is 5.82 Å². The minimum absolute atomic E-state index is 0.591. The number of anilines is 1. The van der Waals surface area contributed by atoms with Crippen LogP contribution in [0.2, 0.25) is 0 Å². The quantitative estimate of drug-likeness (QED) is 0.706. The van der Waals surface area contributed by atoms with Crippen LogP contribution in [0.25, 0.3) is 0 Å². The molecule has 1 heterocycles. The average Bonchev–Trinajstić information content (AvgIpc) is 2.19. The van der Waals surface area contributed by atoms with Crippen LogP contribution in [-0.4, -0.2) is 29.8 Å². The van der Waals surface area contributed by atoms with Crippen molar-refractivity contribution in [3.05, 3.63) is 24.4 Å². The van der Waals surface area contributed by atoms with Crippen LogP contribution in [0.5, 0.6) is 0 Å². The van der Waals surface area contributed by atoms with Crippen molar-refractivity contribution in [1.29, 1.82) is 0 Å². The number of pyridine rings is 1. The van der Waals surface area contributed by atoms with Crippen LogP contribution in [0.3, 0.4) is 0 Å². The molecule has 0 amide bonds. The van der Waals surface area contributed by atoms with Crippen LogP contribution in [0.4, 0.5) is 5.82 Å². The van der Waals surface area contributed by atoms with E-state index in [1.807, 2.05) is 18.2 Å². The minimum Gasteiger partial charge on any atom is -0.354 e. The zero-order chi connectivity index (χ0) is 9.52. The van der Waals surface area contributed by atoms with E-state index in [-0.39, 0.29) is 0 Å². The van der Waals surface area contributed by atoms with Gasteiger partial charge >= 0.3 is 0 Å². The largest absolute Gasteiger partial charge is 0.354 e. The molecule has 0 spiro atoms. The number of aromatic nitrogens is 1. The van der Waals surface area contributed by atoms with Gasteiger partial charge < -0.3 is 4.90 Å². The lowest BCUT2D eigenvalue weighted by Crippen LogP contribution is -2.28. The Hall–Kier alpha value is -0.470. The Morgan fingerprint density at radius 2 is 1.85 bits per heavy atom. The standard InChI is InChI=1S/C9H12Cl2N2/c10-4-7-13(8-5-11)9-3-1-2-6-12-9/h1-3,6H,4-5,7-8H2. The summed E-state index contributed by atoms with van der Waals surface area (Å²) < 4.78 is 0. The van der Waals surface area contributed by atoms with Gasteiger partial charge in [-0.05, 0) is 12.1 Å². The van der Waals surface area contributed by atoms with Crippen LogP contribution in [0.15, 0.2) is 24.4 Å². The lowest BCUT2D eigenvalue weighted by atomic mass is 10.4. The summed E-state index contributed by atoms with van der Waals surface area (Å²) in [7, 11) is 0. The Labute approximate surface area is 88.5 Å². The molecule has 0 N–H and O–H groups in total. The van der Waals surface area contributed by atoms with Crippen LogP contribution in [-0.2, 0) is 0 Å². The van der Waals surface area contributed by atoms with Crippen LogP contribution < -0.4 is 4.90 Å². The maximum Gasteiger partial charge on any atom is 0.128 e. The molecule has 0 aliphatic carbocycles. The van der Waals surface area contributed by atoms with Crippen LogP contribution in [0.1, 0.15) is 0 Å². The van der Waals surface area contributed by atoms with E-state index in [2.05, 4.69) is 9.88 Å². The molecule has 4 heteroatoms. The molecule has 0 atom stereocenters. The van der Waals surface area contributed by atoms with Crippen molar-refractivity contribution in [2.45, 2.75) is 0 Å². The van der Waals surface area contributed by atoms with Crippen molar-refractivity contribution in [1.82, 2.24) is 4.98 Å². The molecule has 13 heavy (non-hydrogen) atoms. The van der Waals surface area contributed by atoms with Crippen molar-refractivity contribution in [2.75, 3.05) is 29.7 Å². The van der Waals surface area contributed by atoms with Gasteiger partial charge in [-0.2, -0.15) is 0 Å². The highest BCUT2D eigenvalue weighted by Gasteiger charge is 2.04. The zero-order valence-corrected chi connectivity index (χ0v) is 8.80. The monoisotopic (exact) mass is 218 g/mol. The fraction of sp³-hybridized carbons (Fsp3) is 0.444. The summed E-state index contributed by atoms with van der Waals surface area (Å²) in [4.78, 5) is 6.29. The number of nitrogens with zero attached hydrogens (tertiary/aromatic N) is 2. The first-order valence-corrected chi connectivity index (χ1v) is 5.23. The number of rotatable bonds is 5. The molecule has 0 aromatic carbocycles. The van der Waals surface area contributed by atoms with E-state index >= 15 is 0 Å². The normalized spacial score (nSPS) is 10.0. The van der Waals surface area contributed by atoms with Gasteiger partial charge in [0.05, 0.1) is 0 Å². The summed E-state index contributed by atoms with van der Waals surface area (Å²) in [5, 5.41) is 0. The van der Waals surface area contributed by atoms with Gasteiger partial charge in [-0.3, -0.25) is 0 Å². The molecule has 0 aliphatic heterocycles. The Kier molecular flexibility index (Phi) is 4.94. The molecule has 2 nitrogen and oxygen atoms in total. The third-order valence-electron chi connectivity index (χ3n) is 1.68. The van der Waals surface area contributed by atoms with E-state index in [9.17, 15) is 0 Å². The lowest BCUT2D eigenvalue weighted by Gasteiger charge is -2.20. The molecule has 1 aromatic heterocycles. The molecule has 72 valence electrons. The molecule has 0 unspecified atom stereocenters. The molecule has 0 aliphatic rings. The molecular formula is C9H12Cl2N2. The highest BCUT2D eigenvalue weighted by atomic mass is 35.5. The Balaban J connectivity index is 2.64. The van der Waals surface area contributed by atoms with E-state index in [0.29, 0.717) is 11.8 Å². The average molecular weight is 219 g/mol. The van der Waals surface area contributed by atoms with Gasteiger partial charge in [0, 0.05) is 31.0 Å². The van der Waals surface area contributed by atoms with E-state index in [4.69, 9.17) is 23.2 Å². The SMILES string of the molecule is ClCCN(CCCl)c1ccccn1. The molecule has 0 saturated carbocycles. The summed E-state index contributed by atoms with van der Waals surface area (Å²) in [6, 6.07) is 5.81. The first-order valence-electron chi connectivity index (χ1n) is 4.16. The fourth-order valence-electron chi connectivity index (χ4n) is 1.09. The number of halogens is 2. The highest BCUT2D eigenvalue weighted by molar-refractivity contribution is 6.18. The van der Waals surface area contributed by atoms with Crippen molar-refractivity contribution in [3.63, 3.8) is 0 Å². The number of hydrogen-bond acceptors (Lipinski definition) is 2. The first-order chi connectivity index (χ1) is 6.38. The van der Waals surface area contributed by atoms with Gasteiger partial charge in [0.2, 0.25) is 0 Å². The topological polar surface area (TPSA) is 16.1 Å². The second-order valence-electron chi connectivity index (χ2n) is 2.55. The Morgan fingerprint density at radius 3 is 2.31 bits per heavy atom. The molecule has 0 bridgehead atoms. The minimum atomic E-state index is 0.591. The van der Waals surface area contributed by atoms with E-state index in [0.717, 1.165) is 18.9 Å². The maximum absolute atomic E-state index is 5.67. The van der Waals surface area contributed by atoms with Gasteiger partial charge in [0.15, 0.2) is 0 Å². The van der Waals surface area contributed by atoms with Crippen molar-refractivity contribution < 1.29 is 0 Å². The lowest BCUT2D eigenvalue weighted by molar-refractivity contribution is 0.853. The first kappa shape index (κ1) is 10.6. The predicted molar refractivity (Wildman–Crippen MR) is 57.9 cm³/mol. The molecule has 1 rings (SSSR count). The van der Waals surface area contributed by atoms with Crippen LogP contribution >= 0.6 is 23.2 Å². The zero-order valence-electron chi connectivity index (χ0n) is 7.29. The van der Waals surface area contributed by atoms with Crippen molar-refractivity contribution in [3.8, 4) is 0 Å². The number of hydrogen-bond donors (Lipinski definition) is 0. The summed E-state index contributed by atoms with van der Waals surface area (Å²) in [6.07, 6.45) is 1.77. The molecule has 1 aromatic rings. The van der Waals surface area contributed by atoms with Gasteiger partial charge in [-0.25, -0.2) is 4.98 Å².